The number of alkyl halides is 1. The third-order valence-electron chi connectivity index (χ3n) is 4.52. The molecule has 0 N–H and O–H groups in total. The fourth-order valence-electron chi connectivity index (χ4n) is 3.40. The lowest BCUT2D eigenvalue weighted by Gasteiger charge is -2.14. The van der Waals surface area contributed by atoms with Crippen molar-refractivity contribution in [2.45, 2.75) is 57.9 Å². The van der Waals surface area contributed by atoms with E-state index in [4.69, 9.17) is 16.6 Å². The maximum Gasteiger partial charge on any atom is 0.127 e. The Kier molecular flexibility index (Phi) is 4.02. The van der Waals surface area contributed by atoms with Crippen LogP contribution in [0.25, 0.3) is 11.0 Å². The van der Waals surface area contributed by atoms with Crippen LogP contribution in [0.4, 0.5) is 0 Å². The van der Waals surface area contributed by atoms with E-state index in [0.29, 0.717) is 0 Å². The smallest absolute Gasteiger partial charge is 0.127 e. The predicted octanol–water partition coefficient (Wildman–Crippen LogP) is 5.22. The maximum atomic E-state index is 6.33. The highest BCUT2D eigenvalue weighted by Crippen LogP contribution is 2.30. The average molecular weight is 291 g/mol. The van der Waals surface area contributed by atoms with Crippen molar-refractivity contribution in [3.8, 4) is 0 Å². The second-order valence-electron chi connectivity index (χ2n) is 6.17. The van der Waals surface area contributed by atoms with Crippen LogP contribution < -0.4 is 0 Å². The van der Waals surface area contributed by atoms with Crippen LogP contribution in [0.15, 0.2) is 18.2 Å². The number of hydrogen-bond acceptors (Lipinski definition) is 1. The predicted molar refractivity (Wildman–Crippen MR) is 85.3 cm³/mol. The Labute approximate surface area is 126 Å². The van der Waals surface area contributed by atoms with Gasteiger partial charge in [-0.2, -0.15) is 0 Å². The van der Waals surface area contributed by atoms with E-state index in [1.54, 1.807) is 0 Å². The zero-order chi connectivity index (χ0) is 14.1. The van der Waals surface area contributed by atoms with Crippen LogP contribution in [0.1, 0.15) is 55.8 Å². The third kappa shape index (κ3) is 2.71. The van der Waals surface area contributed by atoms with Crippen molar-refractivity contribution in [2.75, 3.05) is 0 Å². The molecule has 1 fully saturated rings. The molecule has 1 heterocycles. The molecule has 2 aromatic rings. The highest BCUT2D eigenvalue weighted by atomic mass is 35.5. The first-order chi connectivity index (χ1) is 9.65. The molecule has 1 aliphatic carbocycles. The second-order valence-corrected chi connectivity index (χ2v) is 6.82. The molecule has 0 radical (unpaired) electrons. The van der Waals surface area contributed by atoms with Gasteiger partial charge < -0.3 is 4.57 Å². The molecule has 20 heavy (non-hydrogen) atoms. The van der Waals surface area contributed by atoms with E-state index in [0.717, 1.165) is 23.8 Å². The molecule has 0 aliphatic heterocycles. The van der Waals surface area contributed by atoms with Gasteiger partial charge in [0.1, 0.15) is 5.82 Å². The van der Waals surface area contributed by atoms with Gasteiger partial charge >= 0.3 is 0 Å². The van der Waals surface area contributed by atoms with Crippen molar-refractivity contribution in [1.29, 1.82) is 0 Å². The molecule has 3 rings (SSSR count). The molecule has 1 atom stereocenters. The monoisotopic (exact) mass is 290 g/mol. The summed E-state index contributed by atoms with van der Waals surface area (Å²) in [5.74, 6) is 1.92. The molecule has 108 valence electrons. The summed E-state index contributed by atoms with van der Waals surface area (Å²) in [7, 11) is 0. The van der Waals surface area contributed by atoms with Crippen molar-refractivity contribution >= 4 is 22.6 Å². The van der Waals surface area contributed by atoms with Crippen LogP contribution in [0.3, 0.4) is 0 Å². The molecule has 1 aromatic carbocycles. The molecular formula is C17H23ClN2. The van der Waals surface area contributed by atoms with Crippen molar-refractivity contribution in [3.63, 3.8) is 0 Å². The Morgan fingerprint density at radius 2 is 2.10 bits per heavy atom. The first-order valence-corrected chi connectivity index (χ1v) is 8.19. The minimum absolute atomic E-state index is 0.0358. The van der Waals surface area contributed by atoms with Crippen molar-refractivity contribution in [2.24, 2.45) is 5.92 Å². The Bertz CT molecular complexity index is 594. The number of benzene rings is 1. The molecule has 1 unspecified atom stereocenters. The van der Waals surface area contributed by atoms with Gasteiger partial charge in [0.25, 0.3) is 0 Å². The first-order valence-electron chi connectivity index (χ1n) is 7.76. The van der Waals surface area contributed by atoms with Crippen LogP contribution in [0.2, 0.25) is 0 Å². The number of fused-ring (bicyclic) bond motifs is 1. The summed E-state index contributed by atoms with van der Waals surface area (Å²) >= 11 is 6.33. The van der Waals surface area contributed by atoms with Gasteiger partial charge in [-0.05, 0) is 43.9 Å². The fourth-order valence-corrected chi connectivity index (χ4v) is 3.57. The van der Waals surface area contributed by atoms with Crippen LogP contribution >= 0.6 is 11.6 Å². The van der Waals surface area contributed by atoms with Gasteiger partial charge in [-0.1, -0.05) is 31.7 Å². The third-order valence-corrected chi connectivity index (χ3v) is 4.72. The topological polar surface area (TPSA) is 17.8 Å². The van der Waals surface area contributed by atoms with Gasteiger partial charge in [-0.3, -0.25) is 0 Å². The maximum absolute atomic E-state index is 6.33. The van der Waals surface area contributed by atoms with E-state index >= 15 is 0 Å². The van der Waals surface area contributed by atoms with Crippen molar-refractivity contribution in [1.82, 2.24) is 9.55 Å². The highest BCUT2D eigenvalue weighted by Gasteiger charge is 2.18. The summed E-state index contributed by atoms with van der Waals surface area (Å²) < 4.78 is 2.35. The quantitative estimate of drug-likeness (QED) is 0.706. The molecule has 0 bridgehead atoms. The van der Waals surface area contributed by atoms with E-state index in [9.17, 15) is 0 Å². The number of rotatable bonds is 4. The zero-order valence-electron chi connectivity index (χ0n) is 12.4. The lowest BCUT2D eigenvalue weighted by atomic mass is 10.0. The van der Waals surface area contributed by atoms with Crippen LogP contribution in [0, 0.1) is 12.8 Å². The van der Waals surface area contributed by atoms with Gasteiger partial charge in [0.15, 0.2) is 0 Å². The van der Waals surface area contributed by atoms with Crippen molar-refractivity contribution in [3.05, 3.63) is 29.6 Å². The number of halogens is 1. The van der Waals surface area contributed by atoms with E-state index < -0.39 is 0 Å². The number of aromatic nitrogens is 2. The average Bonchev–Trinajstić information content (AvgIpc) is 3.03. The number of nitrogens with zero attached hydrogens (tertiary/aromatic N) is 2. The summed E-state index contributed by atoms with van der Waals surface area (Å²) in [5, 5.41) is -0.0358. The largest absolute Gasteiger partial charge is 0.327 e. The lowest BCUT2D eigenvalue weighted by Crippen LogP contribution is -2.08. The molecule has 1 aliphatic rings. The van der Waals surface area contributed by atoms with Crippen molar-refractivity contribution < 1.29 is 0 Å². The normalized spacial score (nSPS) is 17.9. The molecule has 0 spiro atoms. The minimum Gasteiger partial charge on any atom is -0.327 e. The Hall–Kier alpha value is -1.02. The van der Waals surface area contributed by atoms with Crippen LogP contribution in [-0.2, 0) is 6.54 Å². The molecule has 1 saturated carbocycles. The van der Waals surface area contributed by atoms with Gasteiger partial charge in [0.2, 0.25) is 0 Å². The minimum atomic E-state index is -0.0358. The summed E-state index contributed by atoms with van der Waals surface area (Å²) in [6, 6.07) is 6.47. The van der Waals surface area contributed by atoms with Gasteiger partial charge in [0.05, 0.1) is 16.4 Å². The standard InChI is InChI=1S/C17H23ClN2/c1-12-7-8-15-16(11-12)20(17(19-15)13(2)18)10-9-14-5-3-4-6-14/h7-8,11,13-14H,3-6,9-10H2,1-2H3. The summed E-state index contributed by atoms with van der Waals surface area (Å²) in [6.45, 7) is 5.20. The number of aryl methyl sites for hydroxylation is 2. The molecule has 0 amide bonds. The summed E-state index contributed by atoms with van der Waals surface area (Å²) in [6.07, 6.45) is 6.88. The van der Waals surface area contributed by atoms with Gasteiger partial charge in [-0.25, -0.2) is 4.98 Å². The van der Waals surface area contributed by atoms with E-state index in [2.05, 4.69) is 29.7 Å². The molecular weight excluding hydrogens is 268 g/mol. The Morgan fingerprint density at radius 3 is 2.80 bits per heavy atom. The lowest BCUT2D eigenvalue weighted by molar-refractivity contribution is 0.456. The number of hydrogen-bond donors (Lipinski definition) is 0. The Balaban J connectivity index is 1.92. The second kappa shape index (κ2) is 5.77. The van der Waals surface area contributed by atoms with Gasteiger partial charge in [0, 0.05) is 6.54 Å². The summed E-state index contributed by atoms with van der Waals surface area (Å²) in [5.41, 5.74) is 3.60. The molecule has 1 aromatic heterocycles. The molecule has 2 nitrogen and oxygen atoms in total. The van der Waals surface area contributed by atoms with Gasteiger partial charge in [-0.15, -0.1) is 11.6 Å². The van der Waals surface area contributed by atoms with Crippen LogP contribution in [-0.4, -0.2) is 9.55 Å². The van der Waals surface area contributed by atoms with E-state index in [1.807, 2.05) is 6.92 Å². The highest BCUT2D eigenvalue weighted by molar-refractivity contribution is 6.20. The zero-order valence-corrected chi connectivity index (χ0v) is 13.2. The number of imidazole rings is 1. The Morgan fingerprint density at radius 1 is 1.35 bits per heavy atom. The first kappa shape index (κ1) is 13.9. The van der Waals surface area contributed by atoms with E-state index in [-0.39, 0.29) is 5.38 Å². The van der Waals surface area contributed by atoms with E-state index in [1.165, 1.54) is 43.2 Å². The van der Waals surface area contributed by atoms with Crippen LogP contribution in [0.5, 0.6) is 0 Å². The molecule has 3 heteroatoms. The fraction of sp³-hybridized carbons (Fsp3) is 0.588. The molecule has 0 saturated heterocycles. The summed E-state index contributed by atoms with van der Waals surface area (Å²) in [4.78, 5) is 4.73. The SMILES string of the molecule is Cc1ccc2nc(C(C)Cl)n(CCC3CCCC3)c2c1.